The zero-order valence-corrected chi connectivity index (χ0v) is 10.3. The SMILES string of the molecule is COCC1CN(c2cccc3nncn23)CCO1. The van der Waals surface area contributed by atoms with Crippen LogP contribution in [0.2, 0.25) is 0 Å². The first-order valence-electron chi connectivity index (χ1n) is 6.03. The predicted molar refractivity (Wildman–Crippen MR) is 66.8 cm³/mol. The van der Waals surface area contributed by atoms with Gasteiger partial charge in [0, 0.05) is 20.2 Å². The fourth-order valence-electron chi connectivity index (χ4n) is 2.31. The highest BCUT2D eigenvalue weighted by Crippen LogP contribution is 2.18. The van der Waals surface area contributed by atoms with Crippen molar-refractivity contribution in [3.63, 3.8) is 0 Å². The molecular weight excluding hydrogens is 232 g/mol. The van der Waals surface area contributed by atoms with Gasteiger partial charge in [-0.2, -0.15) is 0 Å². The number of hydrogen-bond donors (Lipinski definition) is 0. The number of hydrogen-bond acceptors (Lipinski definition) is 5. The Balaban J connectivity index is 1.87. The zero-order valence-electron chi connectivity index (χ0n) is 10.3. The Bertz CT molecular complexity index is 526. The van der Waals surface area contributed by atoms with Crippen LogP contribution in [0, 0.1) is 0 Å². The number of ether oxygens (including phenoxy) is 2. The first-order valence-corrected chi connectivity index (χ1v) is 6.03. The number of rotatable bonds is 3. The van der Waals surface area contributed by atoms with Gasteiger partial charge < -0.3 is 14.4 Å². The highest BCUT2D eigenvalue weighted by molar-refractivity contribution is 5.50. The van der Waals surface area contributed by atoms with Gasteiger partial charge in [0.1, 0.15) is 12.1 Å². The van der Waals surface area contributed by atoms with Crippen molar-refractivity contribution in [1.29, 1.82) is 0 Å². The van der Waals surface area contributed by atoms with E-state index in [4.69, 9.17) is 9.47 Å². The smallest absolute Gasteiger partial charge is 0.162 e. The van der Waals surface area contributed by atoms with Crippen molar-refractivity contribution in [1.82, 2.24) is 14.6 Å². The maximum absolute atomic E-state index is 5.66. The molecule has 1 atom stereocenters. The van der Waals surface area contributed by atoms with Gasteiger partial charge >= 0.3 is 0 Å². The second-order valence-corrected chi connectivity index (χ2v) is 4.34. The summed E-state index contributed by atoms with van der Waals surface area (Å²) in [4.78, 5) is 2.28. The first-order chi connectivity index (χ1) is 8.88. The third-order valence-corrected chi connectivity index (χ3v) is 3.13. The molecule has 6 nitrogen and oxygen atoms in total. The zero-order chi connectivity index (χ0) is 12.4. The van der Waals surface area contributed by atoms with Gasteiger partial charge in [-0.3, -0.25) is 4.40 Å². The second-order valence-electron chi connectivity index (χ2n) is 4.34. The van der Waals surface area contributed by atoms with Gasteiger partial charge in [-0.05, 0) is 12.1 Å². The van der Waals surface area contributed by atoms with Crippen LogP contribution in [0.4, 0.5) is 5.82 Å². The van der Waals surface area contributed by atoms with Crippen LogP contribution in [0.3, 0.4) is 0 Å². The van der Waals surface area contributed by atoms with Crippen molar-refractivity contribution in [2.24, 2.45) is 0 Å². The van der Waals surface area contributed by atoms with Crippen LogP contribution in [0.15, 0.2) is 24.5 Å². The summed E-state index contributed by atoms with van der Waals surface area (Å²) in [6, 6.07) is 6.02. The number of morpholine rings is 1. The highest BCUT2D eigenvalue weighted by atomic mass is 16.5. The lowest BCUT2D eigenvalue weighted by molar-refractivity contribution is -0.0102. The summed E-state index contributed by atoms with van der Waals surface area (Å²) in [6.07, 6.45) is 1.86. The molecule has 0 bridgehead atoms. The number of fused-ring (bicyclic) bond motifs is 1. The fraction of sp³-hybridized carbons (Fsp3) is 0.500. The van der Waals surface area contributed by atoms with Crippen molar-refractivity contribution in [3.05, 3.63) is 24.5 Å². The van der Waals surface area contributed by atoms with Crippen molar-refractivity contribution in [3.8, 4) is 0 Å². The third kappa shape index (κ3) is 2.04. The minimum Gasteiger partial charge on any atom is -0.382 e. The topological polar surface area (TPSA) is 51.9 Å². The molecule has 1 saturated heterocycles. The van der Waals surface area contributed by atoms with E-state index in [1.54, 1.807) is 13.4 Å². The van der Waals surface area contributed by atoms with Crippen LogP contribution in [-0.4, -0.2) is 54.1 Å². The average molecular weight is 248 g/mol. The summed E-state index contributed by atoms with van der Waals surface area (Å²) in [6.45, 7) is 3.03. The molecular formula is C12H16N4O2. The molecule has 2 aromatic rings. The summed E-state index contributed by atoms with van der Waals surface area (Å²) >= 11 is 0. The van der Waals surface area contributed by atoms with Crippen LogP contribution < -0.4 is 4.90 Å². The van der Waals surface area contributed by atoms with E-state index in [0.717, 1.165) is 24.6 Å². The molecule has 0 amide bonds. The summed E-state index contributed by atoms with van der Waals surface area (Å²) < 4.78 is 12.8. The quantitative estimate of drug-likeness (QED) is 0.795. The van der Waals surface area contributed by atoms with Crippen LogP contribution in [0.5, 0.6) is 0 Å². The van der Waals surface area contributed by atoms with E-state index in [2.05, 4.69) is 21.2 Å². The van der Waals surface area contributed by atoms with Gasteiger partial charge in [-0.15, -0.1) is 10.2 Å². The van der Waals surface area contributed by atoms with Crippen molar-refractivity contribution in [2.45, 2.75) is 6.10 Å². The molecule has 1 unspecified atom stereocenters. The highest BCUT2D eigenvalue weighted by Gasteiger charge is 2.22. The van der Waals surface area contributed by atoms with E-state index in [0.29, 0.717) is 13.2 Å². The van der Waals surface area contributed by atoms with Crippen LogP contribution >= 0.6 is 0 Å². The minimum atomic E-state index is 0.121. The maximum atomic E-state index is 5.66. The lowest BCUT2D eigenvalue weighted by Gasteiger charge is -2.34. The number of nitrogens with zero attached hydrogens (tertiary/aromatic N) is 4. The Hall–Kier alpha value is -1.66. The average Bonchev–Trinajstić information content (AvgIpc) is 2.87. The molecule has 1 fully saturated rings. The Morgan fingerprint density at radius 1 is 1.50 bits per heavy atom. The molecule has 6 heteroatoms. The lowest BCUT2D eigenvalue weighted by Crippen LogP contribution is -2.45. The molecule has 1 aliphatic rings. The van der Waals surface area contributed by atoms with Gasteiger partial charge in [0.25, 0.3) is 0 Å². The summed E-state index contributed by atoms with van der Waals surface area (Å²) in [5.41, 5.74) is 0.863. The molecule has 0 N–H and O–H groups in total. The molecule has 0 spiro atoms. The van der Waals surface area contributed by atoms with Gasteiger partial charge in [0.05, 0.1) is 19.3 Å². The predicted octanol–water partition coefficient (Wildman–Crippen LogP) is 0.581. The molecule has 2 aromatic heterocycles. The Morgan fingerprint density at radius 3 is 3.33 bits per heavy atom. The minimum absolute atomic E-state index is 0.121. The number of pyridine rings is 1. The first kappa shape index (κ1) is 11.4. The summed E-state index contributed by atoms with van der Waals surface area (Å²) in [5.74, 6) is 1.10. The second kappa shape index (κ2) is 4.91. The maximum Gasteiger partial charge on any atom is 0.162 e. The Labute approximate surface area is 105 Å². The standard InChI is InChI=1S/C12H16N4O2/c1-17-8-10-7-15(5-6-18-10)12-4-2-3-11-14-13-9-16(11)12/h2-4,9-10H,5-8H2,1H3. The Morgan fingerprint density at radius 2 is 2.44 bits per heavy atom. The molecule has 18 heavy (non-hydrogen) atoms. The molecule has 0 aliphatic carbocycles. The number of methoxy groups -OCH3 is 1. The van der Waals surface area contributed by atoms with Crippen molar-refractivity contribution in [2.75, 3.05) is 38.3 Å². The van der Waals surface area contributed by atoms with Crippen LogP contribution in [0.1, 0.15) is 0 Å². The van der Waals surface area contributed by atoms with E-state index in [9.17, 15) is 0 Å². The summed E-state index contributed by atoms with van der Waals surface area (Å²) in [5, 5.41) is 8.00. The number of aromatic nitrogens is 3. The third-order valence-electron chi connectivity index (χ3n) is 3.13. The lowest BCUT2D eigenvalue weighted by atomic mass is 10.2. The van der Waals surface area contributed by atoms with Gasteiger partial charge in [0.15, 0.2) is 5.65 Å². The molecule has 3 heterocycles. The van der Waals surface area contributed by atoms with E-state index in [1.165, 1.54) is 0 Å². The van der Waals surface area contributed by atoms with Crippen molar-refractivity contribution >= 4 is 11.5 Å². The van der Waals surface area contributed by atoms with Crippen LogP contribution in [0.25, 0.3) is 5.65 Å². The summed E-state index contributed by atoms with van der Waals surface area (Å²) in [7, 11) is 1.70. The molecule has 0 radical (unpaired) electrons. The molecule has 0 saturated carbocycles. The van der Waals surface area contributed by atoms with E-state index >= 15 is 0 Å². The van der Waals surface area contributed by atoms with Crippen molar-refractivity contribution < 1.29 is 9.47 Å². The molecule has 3 rings (SSSR count). The molecule has 0 aromatic carbocycles. The fourth-order valence-corrected chi connectivity index (χ4v) is 2.31. The van der Waals surface area contributed by atoms with E-state index < -0.39 is 0 Å². The normalized spacial score (nSPS) is 20.5. The largest absolute Gasteiger partial charge is 0.382 e. The van der Waals surface area contributed by atoms with Gasteiger partial charge in [0.2, 0.25) is 0 Å². The van der Waals surface area contributed by atoms with E-state index in [-0.39, 0.29) is 6.10 Å². The molecule has 96 valence electrons. The van der Waals surface area contributed by atoms with Gasteiger partial charge in [-0.1, -0.05) is 6.07 Å². The number of anilines is 1. The van der Waals surface area contributed by atoms with E-state index in [1.807, 2.05) is 16.5 Å². The van der Waals surface area contributed by atoms with Gasteiger partial charge in [-0.25, -0.2) is 0 Å². The van der Waals surface area contributed by atoms with Crippen LogP contribution in [-0.2, 0) is 9.47 Å². The Kier molecular flexibility index (Phi) is 3.12. The monoisotopic (exact) mass is 248 g/mol. The molecule has 1 aliphatic heterocycles.